The van der Waals surface area contributed by atoms with Crippen molar-refractivity contribution in [2.45, 2.75) is 53.1 Å². The van der Waals surface area contributed by atoms with Gasteiger partial charge in [0.1, 0.15) is 0 Å². The van der Waals surface area contributed by atoms with Crippen molar-refractivity contribution in [3.8, 4) is 0 Å². The summed E-state index contributed by atoms with van der Waals surface area (Å²) in [5.74, 6) is 1.25. The van der Waals surface area contributed by atoms with Crippen LogP contribution in [-0.4, -0.2) is 60.3 Å². The van der Waals surface area contributed by atoms with E-state index in [1.807, 2.05) is 0 Å². The molecule has 2 aliphatic rings. The van der Waals surface area contributed by atoms with Gasteiger partial charge in [-0.25, -0.2) is 0 Å². The molecule has 2 atom stereocenters. The van der Waals surface area contributed by atoms with Crippen molar-refractivity contribution in [1.29, 1.82) is 0 Å². The number of aliphatic hydroxyl groups is 1. The van der Waals surface area contributed by atoms with Gasteiger partial charge in [0.05, 0.1) is 6.10 Å². The molecule has 1 aliphatic carbocycles. The summed E-state index contributed by atoms with van der Waals surface area (Å²) < 4.78 is 0. The maximum Gasteiger partial charge on any atom is 0.0581 e. The van der Waals surface area contributed by atoms with Gasteiger partial charge in [0.25, 0.3) is 0 Å². The van der Waals surface area contributed by atoms with Gasteiger partial charge >= 0.3 is 0 Å². The zero-order valence-corrected chi connectivity index (χ0v) is 13.9. The van der Waals surface area contributed by atoms with Crippen LogP contribution in [0.15, 0.2) is 0 Å². The van der Waals surface area contributed by atoms with Crippen LogP contribution < -0.4 is 0 Å². The van der Waals surface area contributed by atoms with Crippen molar-refractivity contribution in [1.82, 2.24) is 9.80 Å². The lowest BCUT2D eigenvalue weighted by Crippen LogP contribution is -2.50. The number of aliphatic hydroxyl groups excluding tert-OH is 1. The third kappa shape index (κ3) is 4.71. The van der Waals surface area contributed by atoms with Gasteiger partial charge in [-0.1, -0.05) is 27.7 Å². The van der Waals surface area contributed by atoms with E-state index in [4.69, 9.17) is 0 Å². The summed E-state index contributed by atoms with van der Waals surface area (Å²) >= 11 is 0. The van der Waals surface area contributed by atoms with Crippen molar-refractivity contribution in [3.63, 3.8) is 0 Å². The molecule has 1 saturated heterocycles. The molecular formula is C17H34N2O. The summed E-state index contributed by atoms with van der Waals surface area (Å²) in [4.78, 5) is 5.16. The zero-order valence-electron chi connectivity index (χ0n) is 13.9. The minimum absolute atomic E-state index is 0.0725. The Morgan fingerprint density at radius 2 is 1.70 bits per heavy atom. The van der Waals surface area contributed by atoms with E-state index in [2.05, 4.69) is 37.5 Å². The molecule has 0 bridgehead atoms. The Bertz CT molecular complexity index is 295. The minimum atomic E-state index is -0.0725. The normalized spacial score (nSPS) is 32.7. The lowest BCUT2D eigenvalue weighted by Gasteiger charge is -2.42. The molecule has 118 valence electrons. The fourth-order valence-corrected chi connectivity index (χ4v) is 3.91. The summed E-state index contributed by atoms with van der Waals surface area (Å²) in [6.07, 6.45) is 3.27. The quantitative estimate of drug-likeness (QED) is 0.858. The maximum atomic E-state index is 10.3. The molecule has 2 rings (SSSR count). The predicted molar refractivity (Wildman–Crippen MR) is 84.8 cm³/mol. The molecule has 1 aliphatic heterocycles. The highest BCUT2D eigenvalue weighted by atomic mass is 16.3. The van der Waals surface area contributed by atoms with Crippen LogP contribution in [0.1, 0.15) is 47.0 Å². The van der Waals surface area contributed by atoms with E-state index in [1.165, 1.54) is 45.6 Å². The molecule has 2 fully saturated rings. The van der Waals surface area contributed by atoms with Crippen molar-refractivity contribution >= 4 is 0 Å². The third-order valence-electron chi connectivity index (χ3n) is 5.06. The van der Waals surface area contributed by atoms with Crippen LogP contribution in [0.2, 0.25) is 0 Å². The average Bonchev–Trinajstić information content (AvgIpc) is 2.35. The SMILES string of the molecule is CC(C)CN1CCN(CC2CC(C)(C)CCC2O)CC1. The second kappa shape index (κ2) is 6.76. The van der Waals surface area contributed by atoms with E-state index in [1.54, 1.807) is 0 Å². The monoisotopic (exact) mass is 282 g/mol. The Labute approximate surface area is 125 Å². The number of hydrogen-bond acceptors (Lipinski definition) is 3. The fraction of sp³-hybridized carbons (Fsp3) is 1.00. The van der Waals surface area contributed by atoms with E-state index in [-0.39, 0.29) is 6.10 Å². The second-order valence-electron chi connectivity index (χ2n) is 8.23. The molecule has 0 spiro atoms. The van der Waals surface area contributed by atoms with E-state index in [0.717, 1.165) is 18.9 Å². The number of rotatable bonds is 4. The highest BCUT2D eigenvalue weighted by Crippen LogP contribution is 2.39. The second-order valence-corrected chi connectivity index (χ2v) is 8.23. The first-order valence-corrected chi connectivity index (χ1v) is 8.48. The van der Waals surface area contributed by atoms with Crippen molar-refractivity contribution in [2.75, 3.05) is 39.3 Å². The van der Waals surface area contributed by atoms with Gasteiger partial charge in [-0.3, -0.25) is 0 Å². The Kier molecular flexibility index (Phi) is 5.49. The van der Waals surface area contributed by atoms with Gasteiger partial charge in [-0.05, 0) is 36.5 Å². The van der Waals surface area contributed by atoms with Gasteiger partial charge in [-0.15, -0.1) is 0 Å². The van der Waals surface area contributed by atoms with E-state index >= 15 is 0 Å². The molecule has 1 saturated carbocycles. The largest absolute Gasteiger partial charge is 0.393 e. The Morgan fingerprint density at radius 3 is 2.30 bits per heavy atom. The number of nitrogens with zero attached hydrogens (tertiary/aromatic N) is 2. The highest BCUT2D eigenvalue weighted by Gasteiger charge is 2.35. The van der Waals surface area contributed by atoms with Crippen LogP contribution in [0.4, 0.5) is 0 Å². The van der Waals surface area contributed by atoms with Gasteiger partial charge in [-0.2, -0.15) is 0 Å². The lowest BCUT2D eigenvalue weighted by atomic mass is 9.70. The predicted octanol–water partition coefficient (Wildman–Crippen LogP) is 2.45. The first-order chi connectivity index (χ1) is 9.35. The first-order valence-electron chi connectivity index (χ1n) is 8.48. The standard InChI is InChI=1S/C17H34N2O/c1-14(2)12-18-7-9-19(10-8-18)13-15-11-17(3,4)6-5-16(15)20/h14-16,20H,5-13H2,1-4H3. The molecule has 0 aromatic carbocycles. The van der Waals surface area contributed by atoms with E-state index in [0.29, 0.717) is 11.3 Å². The van der Waals surface area contributed by atoms with Gasteiger partial charge in [0.2, 0.25) is 0 Å². The first kappa shape index (κ1) is 16.3. The summed E-state index contributed by atoms with van der Waals surface area (Å²) in [5, 5.41) is 10.3. The van der Waals surface area contributed by atoms with E-state index < -0.39 is 0 Å². The van der Waals surface area contributed by atoms with Crippen LogP contribution >= 0.6 is 0 Å². The third-order valence-corrected chi connectivity index (χ3v) is 5.06. The molecule has 0 radical (unpaired) electrons. The molecular weight excluding hydrogens is 248 g/mol. The van der Waals surface area contributed by atoms with Crippen molar-refractivity contribution < 1.29 is 5.11 Å². The molecule has 2 unspecified atom stereocenters. The van der Waals surface area contributed by atoms with Gasteiger partial charge in [0, 0.05) is 39.3 Å². The summed E-state index contributed by atoms with van der Waals surface area (Å²) in [6, 6.07) is 0. The van der Waals surface area contributed by atoms with Gasteiger partial charge < -0.3 is 14.9 Å². The maximum absolute atomic E-state index is 10.3. The van der Waals surface area contributed by atoms with Crippen LogP contribution in [-0.2, 0) is 0 Å². The van der Waals surface area contributed by atoms with Crippen LogP contribution in [0.25, 0.3) is 0 Å². The van der Waals surface area contributed by atoms with Crippen LogP contribution in [0, 0.1) is 17.3 Å². The van der Waals surface area contributed by atoms with Crippen molar-refractivity contribution in [3.05, 3.63) is 0 Å². The molecule has 0 aromatic heterocycles. The van der Waals surface area contributed by atoms with Crippen LogP contribution in [0.5, 0.6) is 0 Å². The molecule has 0 aromatic rings. The molecule has 1 N–H and O–H groups in total. The smallest absolute Gasteiger partial charge is 0.0581 e. The lowest BCUT2D eigenvalue weighted by molar-refractivity contribution is -0.00398. The van der Waals surface area contributed by atoms with Gasteiger partial charge in [0.15, 0.2) is 0 Å². The molecule has 3 nitrogen and oxygen atoms in total. The topological polar surface area (TPSA) is 26.7 Å². The van der Waals surface area contributed by atoms with Crippen molar-refractivity contribution in [2.24, 2.45) is 17.3 Å². The molecule has 20 heavy (non-hydrogen) atoms. The molecule has 1 heterocycles. The number of hydrogen-bond donors (Lipinski definition) is 1. The molecule has 3 heteroatoms. The Balaban J connectivity index is 1.77. The fourth-order valence-electron chi connectivity index (χ4n) is 3.91. The number of piperazine rings is 1. The Morgan fingerprint density at radius 1 is 1.10 bits per heavy atom. The summed E-state index contributed by atoms with van der Waals surface area (Å²) in [5.41, 5.74) is 0.420. The Hall–Kier alpha value is -0.120. The minimum Gasteiger partial charge on any atom is -0.393 e. The summed E-state index contributed by atoms with van der Waals surface area (Å²) in [7, 11) is 0. The van der Waals surface area contributed by atoms with Crippen LogP contribution in [0.3, 0.4) is 0 Å². The zero-order chi connectivity index (χ0) is 14.8. The average molecular weight is 282 g/mol. The van der Waals surface area contributed by atoms with E-state index in [9.17, 15) is 5.11 Å². The highest BCUT2D eigenvalue weighted by molar-refractivity contribution is 4.87. The molecule has 0 amide bonds. The summed E-state index contributed by atoms with van der Waals surface area (Å²) in [6.45, 7) is 16.4.